The van der Waals surface area contributed by atoms with Gasteiger partial charge in [0.15, 0.2) is 0 Å². The van der Waals surface area contributed by atoms with Gasteiger partial charge in [-0.25, -0.2) is 4.98 Å². The Morgan fingerprint density at radius 1 is 1.44 bits per heavy atom. The second-order valence-corrected chi connectivity index (χ2v) is 6.72. The molecule has 10 heteroatoms. The summed E-state index contributed by atoms with van der Waals surface area (Å²) in [6, 6.07) is 2.73. The molecular weight excluding hydrogens is 357 g/mol. The van der Waals surface area contributed by atoms with Crippen molar-refractivity contribution in [3.8, 4) is 0 Å². The van der Waals surface area contributed by atoms with E-state index >= 15 is 0 Å². The summed E-state index contributed by atoms with van der Waals surface area (Å²) >= 11 is 1.31. The van der Waals surface area contributed by atoms with E-state index < -0.39 is 30.6 Å². The van der Waals surface area contributed by atoms with Crippen molar-refractivity contribution in [2.45, 2.75) is 19.1 Å². The summed E-state index contributed by atoms with van der Waals surface area (Å²) in [5, 5.41) is 1.84. The Morgan fingerprint density at radius 3 is 2.92 bits per heavy atom. The average Bonchev–Trinajstić information content (AvgIpc) is 3.17. The van der Waals surface area contributed by atoms with Gasteiger partial charge >= 0.3 is 6.18 Å². The Bertz CT molecular complexity index is 821. The molecule has 2 aromatic rings. The number of nitrogens with one attached hydrogen (secondary N) is 1. The molecule has 25 heavy (non-hydrogen) atoms. The van der Waals surface area contributed by atoms with Gasteiger partial charge in [0.1, 0.15) is 23.9 Å². The van der Waals surface area contributed by atoms with Gasteiger partial charge < -0.3 is 14.6 Å². The van der Waals surface area contributed by atoms with E-state index in [0.29, 0.717) is 5.65 Å². The van der Waals surface area contributed by atoms with E-state index in [0.717, 1.165) is 5.56 Å². The first-order chi connectivity index (χ1) is 11.7. The molecule has 0 aromatic carbocycles. The number of hydrogen-bond acceptors (Lipinski definition) is 4. The molecule has 0 bridgehead atoms. The third-order valence-electron chi connectivity index (χ3n) is 3.74. The highest BCUT2D eigenvalue weighted by molar-refractivity contribution is 7.99. The molecule has 0 radical (unpaired) electrons. The van der Waals surface area contributed by atoms with Crippen molar-refractivity contribution in [3.05, 3.63) is 35.8 Å². The summed E-state index contributed by atoms with van der Waals surface area (Å²) in [5.74, 6) is -0.800. The van der Waals surface area contributed by atoms with Gasteiger partial charge in [0, 0.05) is 18.1 Å². The van der Waals surface area contributed by atoms with Gasteiger partial charge in [-0.05, 0) is 24.6 Å². The molecule has 6 nitrogen and oxygen atoms in total. The molecule has 0 saturated carbocycles. The van der Waals surface area contributed by atoms with Gasteiger partial charge in [-0.1, -0.05) is 0 Å². The average molecular weight is 372 g/mol. The Labute approximate surface area is 145 Å². The number of imidazole rings is 1. The van der Waals surface area contributed by atoms with Crippen LogP contribution in [-0.4, -0.2) is 56.5 Å². The molecule has 1 aliphatic rings. The van der Waals surface area contributed by atoms with E-state index in [1.54, 1.807) is 16.8 Å². The van der Waals surface area contributed by atoms with Crippen LogP contribution >= 0.6 is 11.8 Å². The van der Waals surface area contributed by atoms with E-state index in [1.165, 1.54) is 16.7 Å². The minimum absolute atomic E-state index is 0.154. The molecule has 1 aliphatic heterocycles. The molecular formula is C15H15F3N4O2S. The van der Waals surface area contributed by atoms with Crippen LogP contribution in [0.5, 0.6) is 0 Å². The lowest BCUT2D eigenvalue weighted by Crippen LogP contribution is -2.49. The molecule has 0 unspecified atom stereocenters. The van der Waals surface area contributed by atoms with Gasteiger partial charge in [0.05, 0.1) is 5.88 Å². The number of hydrogen-bond donors (Lipinski definition) is 1. The fourth-order valence-corrected chi connectivity index (χ4v) is 3.65. The molecule has 1 N–H and O–H groups in total. The standard InChI is InChI=1S/C15H15F3N4O2S/c1-9-2-3-21-5-10(20-12(21)4-9)14(24)22-8-25-6-11(22)13(23)19-7-15(16,17)18/h2-5,11H,6-8H2,1H3,(H,19,23)/t11-/m1/s1. The number of carbonyl (C=O) groups is 2. The van der Waals surface area contributed by atoms with Gasteiger partial charge in [-0.2, -0.15) is 13.2 Å². The van der Waals surface area contributed by atoms with Crippen molar-refractivity contribution in [3.63, 3.8) is 0 Å². The van der Waals surface area contributed by atoms with E-state index in [9.17, 15) is 22.8 Å². The minimum Gasteiger partial charge on any atom is -0.345 e. The molecule has 1 atom stereocenters. The van der Waals surface area contributed by atoms with Crippen LogP contribution in [0.3, 0.4) is 0 Å². The maximum Gasteiger partial charge on any atom is 0.405 e. The molecule has 134 valence electrons. The van der Waals surface area contributed by atoms with Crippen LogP contribution in [0.2, 0.25) is 0 Å². The largest absolute Gasteiger partial charge is 0.405 e. The smallest absolute Gasteiger partial charge is 0.345 e. The number of rotatable bonds is 3. The predicted octanol–water partition coefficient (Wildman–Crippen LogP) is 1.84. The monoisotopic (exact) mass is 372 g/mol. The highest BCUT2D eigenvalue weighted by Gasteiger charge is 2.37. The number of aryl methyl sites for hydroxylation is 1. The predicted molar refractivity (Wildman–Crippen MR) is 86.3 cm³/mol. The topological polar surface area (TPSA) is 66.7 Å². The first-order valence-electron chi connectivity index (χ1n) is 7.43. The first kappa shape index (κ1) is 17.6. The molecule has 1 fully saturated rings. The molecule has 3 rings (SSSR count). The number of carbonyl (C=O) groups excluding carboxylic acids is 2. The SMILES string of the molecule is Cc1ccn2cc(C(=O)N3CSC[C@@H]3C(=O)NCC(F)(F)F)nc2c1. The van der Waals surface area contributed by atoms with Crippen LogP contribution in [0, 0.1) is 6.92 Å². The molecule has 0 aliphatic carbocycles. The van der Waals surface area contributed by atoms with Gasteiger partial charge in [-0.3, -0.25) is 9.59 Å². The van der Waals surface area contributed by atoms with Crippen molar-refractivity contribution >= 4 is 29.2 Å². The maximum absolute atomic E-state index is 12.7. The number of amides is 2. The van der Waals surface area contributed by atoms with Crippen LogP contribution in [0.4, 0.5) is 13.2 Å². The first-order valence-corrected chi connectivity index (χ1v) is 8.58. The number of alkyl halides is 3. The number of aromatic nitrogens is 2. The highest BCUT2D eigenvalue weighted by Crippen LogP contribution is 2.24. The molecule has 2 amide bonds. The van der Waals surface area contributed by atoms with Gasteiger partial charge in [-0.15, -0.1) is 11.8 Å². The van der Waals surface area contributed by atoms with Gasteiger partial charge in [0.2, 0.25) is 5.91 Å². The Morgan fingerprint density at radius 2 is 2.20 bits per heavy atom. The van der Waals surface area contributed by atoms with Gasteiger partial charge in [0.25, 0.3) is 5.91 Å². The quantitative estimate of drug-likeness (QED) is 0.893. The maximum atomic E-state index is 12.7. The lowest BCUT2D eigenvalue weighted by atomic mass is 10.2. The van der Waals surface area contributed by atoms with Crippen LogP contribution in [-0.2, 0) is 4.79 Å². The minimum atomic E-state index is -4.49. The zero-order valence-corrected chi connectivity index (χ0v) is 14.0. The normalized spacial score (nSPS) is 17.9. The number of fused-ring (bicyclic) bond motifs is 1. The van der Waals surface area contributed by atoms with Crippen LogP contribution in [0.1, 0.15) is 16.1 Å². The van der Waals surface area contributed by atoms with E-state index in [1.807, 2.05) is 24.4 Å². The Hall–Kier alpha value is -2.23. The Balaban J connectivity index is 1.76. The van der Waals surface area contributed by atoms with E-state index in [4.69, 9.17) is 0 Å². The summed E-state index contributed by atoms with van der Waals surface area (Å²) < 4.78 is 38.5. The summed E-state index contributed by atoms with van der Waals surface area (Å²) in [7, 11) is 0. The summed E-state index contributed by atoms with van der Waals surface area (Å²) in [4.78, 5) is 30.2. The van der Waals surface area contributed by atoms with Crippen LogP contribution in [0.25, 0.3) is 5.65 Å². The van der Waals surface area contributed by atoms with Crippen LogP contribution < -0.4 is 5.32 Å². The summed E-state index contributed by atoms with van der Waals surface area (Å²) in [6.07, 6.45) is -1.18. The van der Waals surface area contributed by atoms with Crippen molar-refractivity contribution in [1.82, 2.24) is 19.6 Å². The fraction of sp³-hybridized carbons (Fsp3) is 0.400. The highest BCUT2D eigenvalue weighted by atomic mass is 32.2. The second kappa shape index (κ2) is 6.58. The molecule has 0 spiro atoms. The molecule has 3 heterocycles. The third kappa shape index (κ3) is 3.89. The number of nitrogens with zero attached hydrogens (tertiary/aromatic N) is 3. The molecule has 2 aromatic heterocycles. The third-order valence-corrected chi connectivity index (χ3v) is 4.76. The van der Waals surface area contributed by atoms with Crippen molar-refractivity contribution < 1.29 is 22.8 Å². The van der Waals surface area contributed by atoms with Crippen molar-refractivity contribution in [2.75, 3.05) is 18.2 Å². The zero-order valence-electron chi connectivity index (χ0n) is 13.2. The second-order valence-electron chi connectivity index (χ2n) is 5.72. The Kier molecular flexibility index (Phi) is 4.63. The van der Waals surface area contributed by atoms with Crippen LogP contribution in [0.15, 0.2) is 24.5 Å². The lowest BCUT2D eigenvalue weighted by molar-refractivity contribution is -0.140. The number of pyridine rings is 1. The van der Waals surface area contributed by atoms with Crippen molar-refractivity contribution in [2.24, 2.45) is 0 Å². The lowest BCUT2D eigenvalue weighted by Gasteiger charge is -2.22. The summed E-state index contributed by atoms with van der Waals surface area (Å²) in [5.41, 5.74) is 1.73. The fourth-order valence-electron chi connectivity index (χ4n) is 2.50. The van der Waals surface area contributed by atoms with E-state index in [-0.39, 0.29) is 17.3 Å². The number of halogens is 3. The zero-order chi connectivity index (χ0) is 18.2. The van der Waals surface area contributed by atoms with E-state index in [2.05, 4.69) is 4.98 Å². The molecule has 1 saturated heterocycles. The van der Waals surface area contributed by atoms with Crippen molar-refractivity contribution in [1.29, 1.82) is 0 Å². The number of thioether (sulfide) groups is 1. The summed E-state index contributed by atoms with van der Waals surface area (Å²) in [6.45, 7) is 0.483.